The van der Waals surface area contributed by atoms with Crippen molar-refractivity contribution in [3.8, 4) is 0 Å². The van der Waals surface area contributed by atoms with Crippen LogP contribution in [0.4, 0.5) is 10.1 Å². The van der Waals surface area contributed by atoms with Gasteiger partial charge in [0.05, 0.1) is 0 Å². The first-order valence-electron chi connectivity index (χ1n) is 9.04. The van der Waals surface area contributed by atoms with Crippen LogP contribution in [0.25, 0.3) is 0 Å². The molecule has 0 radical (unpaired) electrons. The molecule has 2 heteroatoms. The maximum absolute atomic E-state index is 13.0. The summed E-state index contributed by atoms with van der Waals surface area (Å²) in [6.07, 6.45) is 10.9. The number of benzene rings is 1. The molecular weight excluding hydrogens is 273 g/mol. The van der Waals surface area contributed by atoms with Gasteiger partial charge in [0.2, 0.25) is 0 Å². The molecule has 3 rings (SSSR count). The van der Waals surface area contributed by atoms with Crippen molar-refractivity contribution in [1.29, 1.82) is 0 Å². The summed E-state index contributed by atoms with van der Waals surface area (Å²) in [5, 5.41) is 3.63. The van der Waals surface area contributed by atoms with Crippen LogP contribution in [-0.4, -0.2) is 6.04 Å². The SMILES string of the molecule is CC1(C)CCCC(C2CCCC(Nc3ccc(F)cc3)C2)C1. The maximum atomic E-state index is 13.0. The Morgan fingerprint density at radius 1 is 1.00 bits per heavy atom. The van der Waals surface area contributed by atoms with Gasteiger partial charge in [-0.25, -0.2) is 4.39 Å². The van der Waals surface area contributed by atoms with Crippen LogP contribution in [0.15, 0.2) is 24.3 Å². The molecule has 1 N–H and O–H groups in total. The summed E-state index contributed by atoms with van der Waals surface area (Å²) in [7, 11) is 0. The molecule has 1 nitrogen and oxygen atoms in total. The lowest BCUT2D eigenvalue weighted by atomic mass is 9.65. The van der Waals surface area contributed by atoms with Gasteiger partial charge >= 0.3 is 0 Å². The van der Waals surface area contributed by atoms with E-state index in [0.29, 0.717) is 11.5 Å². The van der Waals surface area contributed by atoms with Crippen molar-refractivity contribution in [2.75, 3.05) is 5.32 Å². The fourth-order valence-electron chi connectivity index (χ4n) is 4.73. The monoisotopic (exact) mass is 303 g/mol. The first kappa shape index (κ1) is 15.8. The molecule has 2 saturated carbocycles. The zero-order valence-corrected chi connectivity index (χ0v) is 14.1. The van der Waals surface area contributed by atoms with Gasteiger partial charge in [0, 0.05) is 11.7 Å². The van der Waals surface area contributed by atoms with Crippen LogP contribution >= 0.6 is 0 Å². The molecule has 0 amide bonds. The van der Waals surface area contributed by atoms with E-state index in [9.17, 15) is 4.39 Å². The topological polar surface area (TPSA) is 12.0 Å². The van der Waals surface area contributed by atoms with Gasteiger partial charge in [-0.1, -0.05) is 39.5 Å². The number of anilines is 1. The molecule has 3 unspecified atom stereocenters. The van der Waals surface area contributed by atoms with Gasteiger partial charge in [-0.3, -0.25) is 0 Å². The van der Waals surface area contributed by atoms with Crippen LogP contribution in [0.5, 0.6) is 0 Å². The molecule has 0 spiro atoms. The molecule has 2 fully saturated rings. The second kappa shape index (κ2) is 6.60. The Kier molecular flexibility index (Phi) is 4.75. The van der Waals surface area contributed by atoms with E-state index < -0.39 is 0 Å². The number of halogens is 1. The lowest BCUT2D eigenvalue weighted by Gasteiger charge is -2.42. The van der Waals surface area contributed by atoms with Crippen molar-refractivity contribution in [2.24, 2.45) is 17.3 Å². The van der Waals surface area contributed by atoms with E-state index in [2.05, 4.69) is 19.2 Å². The molecule has 0 heterocycles. The highest BCUT2D eigenvalue weighted by molar-refractivity contribution is 5.43. The van der Waals surface area contributed by atoms with Crippen molar-refractivity contribution in [3.63, 3.8) is 0 Å². The van der Waals surface area contributed by atoms with Crippen molar-refractivity contribution in [1.82, 2.24) is 0 Å². The van der Waals surface area contributed by atoms with E-state index in [1.165, 1.54) is 51.4 Å². The average molecular weight is 303 g/mol. The van der Waals surface area contributed by atoms with E-state index in [1.807, 2.05) is 12.1 Å². The normalized spacial score (nSPS) is 31.7. The van der Waals surface area contributed by atoms with Gasteiger partial charge in [0.1, 0.15) is 5.82 Å². The fourth-order valence-corrected chi connectivity index (χ4v) is 4.73. The van der Waals surface area contributed by atoms with Crippen molar-refractivity contribution in [3.05, 3.63) is 30.1 Å². The first-order chi connectivity index (χ1) is 10.5. The number of nitrogens with one attached hydrogen (secondary N) is 1. The first-order valence-corrected chi connectivity index (χ1v) is 9.04. The lowest BCUT2D eigenvalue weighted by molar-refractivity contribution is 0.110. The number of hydrogen-bond donors (Lipinski definition) is 1. The molecular formula is C20H30FN. The van der Waals surface area contributed by atoms with Crippen LogP contribution < -0.4 is 5.32 Å². The standard InChI is InChI=1S/C20H30FN/c1-20(2)12-4-6-16(14-20)15-5-3-7-19(13-15)22-18-10-8-17(21)9-11-18/h8-11,15-16,19,22H,3-7,12-14H2,1-2H3. The molecule has 1 aromatic carbocycles. The van der Waals surface area contributed by atoms with E-state index in [4.69, 9.17) is 0 Å². The molecule has 2 aliphatic carbocycles. The van der Waals surface area contributed by atoms with Crippen LogP contribution in [0.3, 0.4) is 0 Å². The Labute approximate surface area is 134 Å². The van der Waals surface area contributed by atoms with E-state index >= 15 is 0 Å². The Morgan fingerprint density at radius 2 is 1.73 bits per heavy atom. The smallest absolute Gasteiger partial charge is 0.123 e. The zero-order chi connectivity index (χ0) is 15.6. The highest BCUT2D eigenvalue weighted by Gasteiger charge is 2.35. The molecule has 2 aliphatic rings. The molecule has 0 aromatic heterocycles. The Bertz CT molecular complexity index is 479. The predicted octanol–water partition coefficient (Wildman–Crippen LogP) is 6.01. The largest absolute Gasteiger partial charge is 0.382 e. The quantitative estimate of drug-likeness (QED) is 0.720. The van der Waals surface area contributed by atoms with Crippen LogP contribution in [-0.2, 0) is 0 Å². The summed E-state index contributed by atoms with van der Waals surface area (Å²) in [6, 6.07) is 7.39. The van der Waals surface area contributed by atoms with Gasteiger partial charge in [0.15, 0.2) is 0 Å². The summed E-state index contributed by atoms with van der Waals surface area (Å²) >= 11 is 0. The third kappa shape index (κ3) is 4.02. The molecule has 0 aliphatic heterocycles. The minimum atomic E-state index is -0.156. The molecule has 22 heavy (non-hydrogen) atoms. The van der Waals surface area contributed by atoms with Gasteiger partial charge < -0.3 is 5.32 Å². The summed E-state index contributed by atoms with van der Waals surface area (Å²) in [5.74, 6) is 1.64. The highest BCUT2D eigenvalue weighted by Crippen LogP contribution is 2.45. The van der Waals surface area contributed by atoms with Crippen molar-refractivity contribution in [2.45, 2.75) is 71.3 Å². The zero-order valence-electron chi connectivity index (χ0n) is 14.1. The van der Waals surface area contributed by atoms with Gasteiger partial charge in [0.25, 0.3) is 0 Å². The summed E-state index contributed by atoms with van der Waals surface area (Å²) in [4.78, 5) is 0. The molecule has 3 atom stereocenters. The third-order valence-electron chi connectivity index (χ3n) is 5.84. The number of hydrogen-bond acceptors (Lipinski definition) is 1. The molecule has 122 valence electrons. The van der Waals surface area contributed by atoms with Crippen LogP contribution in [0.1, 0.15) is 65.2 Å². The minimum Gasteiger partial charge on any atom is -0.382 e. The molecule has 0 bridgehead atoms. The van der Waals surface area contributed by atoms with Gasteiger partial charge in [-0.15, -0.1) is 0 Å². The van der Waals surface area contributed by atoms with E-state index in [1.54, 1.807) is 12.1 Å². The predicted molar refractivity (Wildman–Crippen MR) is 91.5 cm³/mol. The third-order valence-corrected chi connectivity index (χ3v) is 5.84. The molecule has 1 aromatic rings. The minimum absolute atomic E-state index is 0.156. The fraction of sp³-hybridized carbons (Fsp3) is 0.700. The maximum Gasteiger partial charge on any atom is 0.123 e. The van der Waals surface area contributed by atoms with E-state index in [-0.39, 0.29) is 5.82 Å². The second-order valence-corrected chi connectivity index (χ2v) is 8.30. The van der Waals surface area contributed by atoms with Crippen molar-refractivity contribution < 1.29 is 4.39 Å². The Morgan fingerprint density at radius 3 is 2.45 bits per heavy atom. The highest BCUT2D eigenvalue weighted by atomic mass is 19.1. The van der Waals surface area contributed by atoms with Crippen LogP contribution in [0, 0.1) is 23.1 Å². The Hall–Kier alpha value is -1.05. The summed E-state index contributed by atoms with van der Waals surface area (Å²) in [5.41, 5.74) is 1.61. The van der Waals surface area contributed by atoms with Crippen molar-refractivity contribution >= 4 is 5.69 Å². The second-order valence-electron chi connectivity index (χ2n) is 8.30. The van der Waals surface area contributed by atoms with Crippen LogP contribution in [0.2, 0.25) is 0 Å². The van der Waals surface area contributed by atoms with Gasteiger partial charge in [-0.05, 0) is 67.2 Å². The van der Waals surface area contributed by atoms with Gasteiger partial charge in [-0.2, -0.15) is 0 Å². The summed E-state index contributed by atoms with van der Waals surface area (Å²) < 4.78 is 13.0. The average Bonchev–Trinajstić information content (AvgIpc) is 2.49. The lowest BCUT2D eigenvalue weighted by Crippen LogP contribution is -2.34. The number of rotatable bonds is 3. The molecule has 0 saturated heterocycles. The Balaban J connectivity index is 1.58. The van der Waals surface area contributed by atoms with E-state index in [0.717, 1.165) is 17.5 Å². The summed E-state index contributed by atoms with van der Waals surface area (Å²) in [6.45, 7) is 4.88.